The van der Waals surface area contributed by atoms with E-state index in [1.54, 1.807) is 0 Å². The molecule has 0 saturated heterocycles. The third kappa shape index (κ3) is 5.09. The number of hydrogen-bond donors (Lipinski definition) is 0. The monoisotopic (exact) mass is 122 g/mol. The lowest BCUT2D eigenvalue weighted by molar-refractivity contribution is 1.16. The number of hydrogen-bond acceptors (Lipinski definition) is 0. The maximum Gasteiger partial charge on any atom is -0.0313 e. The zero-order valence-corrected chi connectivity index (χ0v) is 6.28. The van der Waals surface area contributed by atoms with Gasteiger partial charge in [-0.05, 0) is 13.3 Å². The Morgan fingerprint density at radius 3 is 2.22 bits per heavy atom. The van der Waals surface area contributed by atoms with Gasteiger partial charge in [0.15, 0.2) is 0 Å². The molecule has 0 saturated carbocycles. The van der Waals surface area contributed by atoms with E-state index < -0.39 is 0 Å². The van der Waals surface area contributed by atoms with E-state index in [1.165, 1.54) is 0 Å². The lowest BCUT2D eigenvalue weighted by Gasteiger charge is -1.89. The number of rotatable bonds is 3. The molecule has 0 aliphatic heterocycles. The van der Waals surface area contributed by atoms with Crippen LogP contribution in [-0.4, -0.2) is 0 Å². The summed E-state index contributed by atoms with van der Waals surface area (Å²) in [6.45, 7) is 11.6. The molecule has 0 unspecified atom stereocenters. The van der Waals surface area contributed by atoms with Crippen LogP contribution in [0, 0.1) is 0 Å². The van der Waals surface area contributed by atoms with Crippen molar-refractivity contribution in [3.63, 3.8) is 0 Å². The summed E-state index contributed by atoms with van der Waals surface area (Å²) in [6.07, 6.45) is 5.00. The van der Waals surface area contributed by atoms with Crippen LogP contribution >= 0.6 is 0 Å². The molecular weight excluding hydrogens is 108 g/mol. The Hall–Kier alpha value is -0.780. The van der Waals surface area contributed by atoms with E-state index in [9.17, 15) is 0 Å². The molecule has 0 aliphatic carbocycles. The van der Waals surface area contributed by atoms with E-state index in [2.05, 4.69) is 20.1 Å². The molecule has 0 fully saturated rings. The van der Waals surface area contributed by atoms with Crippen LogP contribution in [0.1, 0.15) is 20.3 Å². The van der Waals surface area contributed by atoms with Crippen LogP contribution in [0.3, 0.4) is 0 Å². The number of allylic oxidation sites excluding steroid dienone is 4. The zero-order chi connectivity index (χ0) is 7.28. The summed E-state index contributed by atoms with van der Waals surface area (Å²) in [5, 5.41) is 0. The quantitative estimate of drug-likeness (QED) is 0.504. The average molecular weight is 122 g/mol. The molecular formula is C9H14. The molecule has 0 bridgehead atoms. The van der Waals surface area contributed by atoms with Crippen molar-refractivity contribution < 1.29 is 0 Å². The normalized spacial score (nSPS) is 10.0. The van der Waals surface area contributed by atoms with Crippen LogP contribution < -0.4 is 0 Å². The summed E-state index contributed by atoms with van der Waals surface area (Å²) in [5.41, 5.74) is 2.22. The molecule has 50 valence electrons. The van der Waals surface area contributed by atoms with Crippen LogP contribution in [0.5, 0.6) is 0 Å². The molecule has 0 amide bonds. The van der Waals surface area contributed by atoms with Gasteiger partial charge in [-0.15, -0.1) is 0 Å². The maximum absolute atomic E-state index is 3.82. The van der Waals surface area contributed by atoms with Gasteiger partial charge in [-0.3, -0.25) is 0 Å². The second kappa shape index (κ2) is 4.13. The van der Waals surface area contributed by atoms with Crippen LogP contribution in [0.2, 0.25) is 0 Å². The molecule has 0 aromatic heterocycles. The van der Waals surface area contributed by atoms with E-state index >= 15 is 0 Å². The van der Waals surface area contributed by atoms with Crippen molar-refractivity contribution in [1.29, 1.82) is 0 Å². The zero-order valence-electron chi connectivity index (χ0n) is 6.28. The molecule has 0 aliphatic rings. The predicted octanol–water partition coefficient (Wildman–Crippen LogP) is 3.08. The van der Waals surface area contributed by atoms with Gasteiger partial charge in [0.05, 0.1) is 0 Å². The molecule has 0 heterocycles. The molecule has 0 atom stereocenters. The Labute approximate surface area is 57.6 Å². The fourth-order valence-electron chi connectivity index (χ4n) is 0.378. The first-order chi connectivity index (χ1) is 4.16. The van der Waals surface area contributed by atoms with Crippen molar-refractivity contribution in [3.05, 3.63) is 36.5 Å². The first-order valence-corrected chi connectivity index (χ1v) is 3.18. The molecule has 0 heteroatoms. The molecule has 0 aromatic rings. The van der Waals surface area contributed by atoms with Crippen LogP contribution in [0.25, 0.3) is 0 Å². The molecule has 0 nitrogen and oxygen atoms in total. The lowest BCUT2D eigenvalue weighted by Crippen LogP contribution is -1.69. The molecule has 0 aromatic carbocycles. The van der Waals surface area contributed by atoms with E-state index in [0.29, 0.717) is 0 Å². The van der Waals surface area contributed by atoms with Crippen LogP contribution in [0.4, 0.5) is 0 Å². The van der Waals surface area contributed by atoms with Gasteiger partial charge in [0.25, 0.3) is 0 Å². The Kier molecular flexibility index (Phi) is 3.78. The van der Waals surface area contributed by atoms with Gasteiger partial charge < -0.3 is 0 Å². The van der Waals surface area contributed by atoms with Gasteiger partial charge in [-0.1, -0.05) is 43.4 Å². The van der Waals surface area contributed by atoms with Gasteiger partial charge in [0.2, 0.25) is 0 Å². The van der Waals surface area contributed by atoms with Crippen molar-refractivity contribution in [2.45, 2.75) is 20.3 Å². The molecule has 9 heavy (non-hydrogen) atoms. The minimum absolute atomic E-state index is 1.02. The molecule has 0 rings (SSSR count). The summed E-state index contributed by atoms with van der Waals surface area (Å²) < 4.78 is 0. The summed E-state index contributed by atoms with van der Waals surface area (Å²) in [6, 6.07) is 0. The SMILES string of the molecule is C=C(C)/C=C\C(=C)CC. The predicted molar refractivity (Wildman–Crippen MR) is 43.4 cm³/mol. The highest BCUT2D eigenvalue weighted by molar-refractivity contribution is 5.22. The highest BCUT2D eigenvalue weighted by Gasteiger charge is 1.79. The fourth-order valence-corrected chi connectivity index (χ4v) is 0.378. The van der Waals surface area contributed by atoms with Gasteiger partial charge in [0, 0.05) is 0 Å². The van der Waals surface area contributed by atoms with Gasteiger partial charge in [-0.25, -0.2) is 0 Å². The third-order valence-electron chi connectivity index (χ3n) is 1.06. The maximum atomic E-state index is 3.82. The van der Waals surface area contributed by atoms with E-state index in [0.717, 1.165) is 17.6 Å². The summed E-state index contributed by atoms with van der Waals surface area (Å²) in [5.74, 6) is 0. The van der Waals surface area contributed by atoms with Crippen LogP contribution in [0.15, 0.2) is 36.5 Å². The summed E-state index contributed by atoms with van der Waals surface area (Å²) >= 11 is 0. The Morgan fingerprint density at radius 1 is 1.33 bits per heavy atom. The molecule has 0 radical (unpaired) electrons. The second-order valence-corrected chi connectivity index (χ2v) is 2.19. The minimum Gasteiger partial charge on any atom is -0.0961 e. The van der Waals surface area contributed by atoms with Crippen molar-refractivity contribution in [2.75, 3.05) is 0 Å². The summed E-state index contributed by atoms with van der Waals surface area (Å²) in [4.78, 5) is 0. The fraction of sp³-hybridized carbons (Fsp3) is 0.333. The van der Waals surface area contributed by atoms with Gasteiger partial charge in [-0.2, -0.15) is 0 Å². The smallest absolute Gasteiger partial charge is 0.0313 e. The Balaban J connectivity index is 3.71. The van der Waals surface area contributed by atoms with Crippen molar-refractivity contribution in [2.24, 2.45) is 0 Å². The standard InChI is InChI=1S/C9H14/c1-5-9(4)7-6-8(2)3/h6-7H,2,4-5H2,1,3H3/b7-6-. The molecule has 0 N–H and O–H groups in total. The first-order valence-electron chi connectivity index (χ1n) is 3.18. The topological polar surface area (TPSA) is 0 Å². The van der Waals surface area contributed by atoms with Gasteiger partial charge in [0.1, 0.15) is 0 Å². The van der Waals surface area contributed by atoms with E-state index in [1.807, 2.05) is 19.1 Å². The summed E-state index contributed by atoms with van der Waals surface area (Å²) in [7, 11) is 0. The van der Waals surface area contributed by atoms with E-state index in [-0.39, 0.29) is 0 Å². The first kappa shape index (κ1) is 8.22. The van der Waals surface area contributed by atoms with Crippen molar-refractivity contribution in [3.8, 4) is 0 Å². The van der Waals surface area contributed by atoms with Gasteiger partial charge >= 0.3 is 0 Å². The third-order valence-corrected chi connectivity index (χ3v) is 1.06. The average Bonchev–Trinajstić information content (AvgIpc) is 1.83. The highest BCUT2D eigenvalue weighted by Crippen LogP contribution is 2.00. The minimum atomic E-state index is 1.02. The molecule has 0 spiro atoms. The highest BCUT2D eigenvalue weighted by atomic mass is 13.9. The van der Waals surface area contributed by atoms with Crippen molar-refractivity contribution >= 4 is 0 Å². The second-order valence-electron chi connectivity index (χ2n) is 2.19. The Bertz CT molecular complexity index is 138. The Morgan fingerprint density at radius 2 is 1.89 bits per heavy atom. The lowest BCUT2D eigenvalue weighted by atomic mass is 10.2. The van der Waals surface area contributed by atoms with Crippen LogP contribution in [-0.2, 0) is 0 Å². The van der Waals surface area contributed by atoms with E-state index in [4.69, 9.17) is 0 Å². The largest absolute Gasteiger partial charge is 0.0961 e. The van der Waals surface area contributed by atoms with Crippen molar-refractivity contribution in [1.82, 2.24) is 0 Å².